The van der Waals surface area contributed by atoms with E-state index in [-0.39, 0.29) is 93.0 Å². The number of fused-ring (bicyclic) bond motifs is 1. The minimum Gasteiger partial charge on any atom is -0.508 e. The molecule has 41 nitrogen and oxygen atoms in total. The van der Waals surface area contributed by atoms with Crippen molar-refractivity contribution in [3.05, 3.63) is 125 Å². The molecule has 1 aromatic heterocycles. The van der Waals surface area contributed by atoms with Crippen molar-refractivity contribution in [2.75, 3.05) is 46.0 Å². The Morgan fingerprint density at radius 2 is 0.922 bits per heavy atom. The highest BCUT2D eigenvalue weighted by atomic mass is 16.5. The van der Waals surface area contributed by atoms with E-state index in [1.807, 2.05) is 17.5 Å². The van der Waals surface area contributed by atoms with E-state index in [2.05, 4.69) is 58.2 Å². The number of ether oxygens (including phenoxy) is 1. The zero-order valence-electron chi connectivity index (χ0n) is 61.9. The summed E-state index contributed by atoms with van der Waals surface area (Å²) in [6.07, 6.45) is -3.70. The first kappa shape index (κ1) is 91.6. The first-order valence-electron chi connectivity index (χ1n) is 35.7. The van der Waals surface area contributed by atoms with Crippen LogP contribution in [0, 0.1) is 22.7 Å². The van der Waals surface area contributed by atoms with Crippen LogP contribution >= 0.6 is 0 Å². The molecule has 0 aliphatic heterocycles. The standard InChI is InChI=1S/C74H89N15O26/c1-40(92)80-55(30-41-10-14-46(93)15-11-41)68(106)84-56(31-42-12-16-47(94)17-13-42)69(107)85-59(39-91)71(109)86-58(38-90)70(108)83-52(19-22-63(99)100)67(105)82-51(18-21-62(97)98)65(103)79-36-61(96)89(25-6-26-115-48-28-43(33-75)27-44(29-48)34-76)37-60(95)81-57(32-45-35-78-50-8-3-2-7-49(45)50)66(104)77-24-5-4-9-53(72(110)111)87-74(114)88-54(73(112)113)20-23-64(101)102/h2-3,7-8,10-17,27-29,35,51-59,78,90-91,93-94H,4-6,9,18-26,30-32,36-39H2,1H3,(H,77,104)(H,79,103)(H,80,92)(H,81,95)(H,82,105)(H,83,108)(H,84,106)(H,85,107)(H,86,109)(H,97,98)(H,99,100)(H,101,102)(H,110,111)(H,112,113)(H2,87,88,114)/t51-,52-,53-,54-,55-,56-,57-,58-,59-/m0/s1. The average Bonchev–Trinajstić information content (AvgIpc) is 1.67. The molecule has 0 unspecified atom stereocenters. The van der Waals surface area contributed by atoms with Crippen LogP contribution in [0.4, 0.5) is 4.79 Å². The lowest BCUT2D eigenvalue weighted by Gasteiger charge is -2.27. The second-order valence-corrected chi connectivity index (χ2v) is 26.0. The van der Waals surface area contributed by atoms with Crippen molar-refractivity contribution in [2.45, 2.75) is 145 Å². The number of hydrogen-bond acceptors (Lipinski definition) is 23. The highest BCUT2D eigenvalue weighted by Gasteiger charge is 2.36. The SMILES string of the molecule is CC(=O)N[C@@H](Cc1ccc(O)cc1)C(=O)N[C@@H](Cc1ccc(O)cc1)C(=O)N[C@@H](CO)C(=O)N[C@@H](CO)C(=O)N[C@@H](CCC(=O)O)C(=O)N[C@@H](CCC(=O)O)C(=O)NCC(=O)N(CCCOc1cc(C#N)cc(C#N)c1)CC(=O)N[C@@H](Cc1c[nH]c2ccccc12)C(=O)NCCCC[C@H](NC(=O)N[C@@H](CCC(=O)O)C(=O)O)C(=O)O. The molecule has 1 heterocycles. The number of aromatic amines is 1. The minimum absolute atomic E-state index is 0.0325. The molecule has 115 heavy (non-hydrogen) atoms. The van der Waals surface area contributed by atoms with Crippen molar-refractivity contribution >= 4 is 106 Å². The number of aromatic hydroxyl groups is 2. The summed E-state index contributed by atoms with van der Waals surface area (Å²) in [7, 11) is 0. The molecule has 0 radical (unpaired) electrons. The number of phenols is 2. The number of rotatable bonds is 49. The second kappa shape index (κ2) is 46.6. The number of carboxylic acids is 5. The van der Waals surface area contributed by atoms with Gasteiger partial charge in [-0.15, -0.1) is 0 Å². The Labute approximate surface area is 654 Å². The van der Waals surface area contributed by atoms with Gasteiger partial charge in [0, 0.05) is 75.6 Å². The summed E-state index contributed by atoms with van der Waals surface area (Å²) in [6.45, 7) is -3.97. The molecule has 0 saturated heterocycles. The lowest BCUT2D eigenvalue weighted by Crippen LogP contribution is -2.61. The molecule has 0 aliphatic rings. The van der Waals surface area contributed by atoms with E-state index in [1.54, 1.807) is 30.5 Å². The van der Waals surface area contributed by atoms with Crippen LogP contribution in [0.15, 0.2) is 97.2 Å². The second-order valence-electron chi connectivity index (χ2n) is 26.0. The van der Waals surface area contributed by atoms with Crippen molar-refractivity contribution in [2.24, 2.45) is 0 Å². The maximum absolute atomic E-state index is 14.4. The number of hydrogen-bond donors (Lipinski definition) is 21. The van der Waals surface area contributed by atoms with Crippen LogP contribution in [0.5, 0.6) is 17.2 Å². The van der Waals surface area contributed by atoms with Crippen molar-refractivity contribution in [1.82, 2.24) is 68.4 Å². The van der Waals surface area contributed by atoms with Crippen LogP contribution in [0.3, 0.4) is 0 Å². The fourth-order valence-corrected chi connectivity index (χ4v) is 11.3. The molecule has 5 rings (SSSR count). The summed E-state index contributed by atoms with van der Waals surface area (Å²) in [5.41, 5.74) is 2.12. The zero-order chi connectivity index (χ0) is 84.8. The normalized spacial score (nSPS) is 13.1. The quantitative estimate of drug-likeness (QED) is 0.0176. The maximum Gasteiger partial charge on any atom is 0.326 e. The Hall–Kier alpha value is -14.0. The van der Waals surface area contributed by atoms with E-state index in [4.69, 9.17) is 9.84 Å². The molecular formula is C74H89N15O26. The van der Waals surface area contributed by atoms with E-state index in [0.717, 1.165) is 11.8 Å². The topological polar surface area (TPSA) is 663 Å². The first-order valence-corrected chi connectivity index (χ1v) is 35.7. The molecule has 12 amide bonds. The number of aliphatic hydroxyl groups is 2. The van der Waals surface area contributed by atoms with Gasteiger partial charge in [0.25, 0.3) is 0 Å². The molecule has 0 bridgehead atoms. The number of amides is 12. The van der Waals surface area contributed by atoms with Gasteiger partial charge in [-0.3, -0.25) is 62.3 Å². The molecule has 0 saturated carbocycles. The lowest BCUT2D eigenvalue weighted by atomic mass is 10.0. The number of carbonyl (C=O) groups excluding carboxylic acids is 11. The predicted octanol–water partition coefficient (Wildman–Crippen LogP) is -2.75. The smallest absolute Gasteiger partial charge is 0.326 e. The van der Waals surface area contributed by atoms with E-state index in [0.29, 0.717) is 27.6 Å². The molecule has 5 aromatic rings. The van der Waals surface area contributed by atoms with Crippen LogP contribution in [-0.4, -0.2) is 251 Å². The number of aliphatic carboxylic acids is 5. The number of benzene rings is 4. The molecule has 0 fully saturated rings. The number of nitrogens with zero attached hydrogens (tertiary/aromatic N) is 3. The number of para-hydroxylation sites is 1. The van der Waals surface area contributed by atoms with Crippen molar-refractivity contribution < 1.29 is 127 Å². The summed E-state index contributed by atoms with van der Waals surface area (Å²) < 4.78 is 5.78. The monoisotopic (exact) mass is 1600 g/mol. The molecule has 41 heteroatoms. The number of nitrogens with one attached hydrogen (secondary N) is 12. The van der Waals surface area contributed by atoms with Crippen molar-refractivity contribution in [3.63, 3.8) is 0 Å². The Morgan fingerprint density at radius 1 is 0.478 bits per heavy atom. The van der Waals surface area contributed by atoms with Crippen LogP contribution in [-0.2, 0) is 91.2 Å². The van der Waals surface area contributed by atoms with Gasteiger partial charge in [-0.1, -0.05) is 42.5 Å². The third kappa shape index (κ3) is 32.1. The predicted molar refractivity (Wildman–Crippen MR) is 397 cm³/mol. The van der Waals surface area contributed by atoms with Gasteiger partial charge in [0.1, 0.15) is 71.6 Å². The number of aliphatic hydroxyl groups excluding tert-OH is 2. The fraction of sp³-hybridized carbons (Fsp3) is 0.405. The van der Waals surface area contributed by atoms with E-state index >= 15 is 0 Å². The first-order chi connectivity index (χ1) is 54.7. The number of H-pyrrole nitrogens is 1. The number of phenolic OH excluding ortho intramolecular Hbond substituents is 2. The Bertz CT molecular complexity index is 4360. The van der Waals surface area contributed by atoms with Gasteiger partial charge in [-0.25, -0.2) is 14.4 Å². The van der Waals surface area contributed by atoms with Crippen molar-refractivity contribution in [3.8, 4) is 29.4 Å². The summed E-state index contributed by atoms with van der Waals surface area (Å²) in [5, 5.41) is 133. The summed E-state index contributed by atoms with van der Waals surface area (Å²) in [4.78, 5) is 214. The van der Waals surface area contributed by atoms with E-state index < -0.39 is 214 Å². The van der Waals surface area contributed by atoms with Gasteiger partial charge in [0.2, 0.25) is 59.1 Å². The molecule has 4 aromatic carbocycles. The molecule has 21 N–H and O–H groups in total. The largest absolute Gasteiger partial charge is 0.508 e. The summed E-state index contributed by atoms with van der Waals surface area (Å²) in [5.74, 6) is -18.5. The number of aromatic nitrogens is 1. The number of urea groups is 1. The highest BCUT2D eigenvalue weighted by molar-refractivity contribution is 5.99. The van der Waals surface area contributed by atoms with Gasteiger partial charge in [-0.05, 0) is 110 Å². The molecule has 0 spiro atoms. The number of carboxylic acid groups (broad SMARTS) is 5. The Balaban J connectivity index is 1.32. The zero-order valence-corrected chi connectivity index (χ0v) is 61.9. The summed E-state index contributed by atoms with van der Waals surface area (Å²) >= 11 is 0. The number of nitriles is 2. The lowest BCUT2D eigenvalue weighted by molar-refractivity contribution is -0.141. The van der Waals surface area contributed by atoms with Gasteiger partial charge in [0.15, 0.2) is 0 Å². The van der Waals surface area contributed by atoms with Crippen molar-refractivity contribution in [1.29, 1.82) is 10.5 Å². The number of unbranched alkanes of at least 4 members (excludes halogenated alkanes) is 1. The van der Waals surface area contributed by atoms with Crippen LogP contribution < -0.4 is 63.2 Å². The molecular weight excluding hydrogens is 1510 g/mol. The molecule has 616 valence electrons. The van der Waals surface area contributed by atoms with Gasteiger partial charge in [0.05, 0.1) is 56.2 Å². The average molecular weight is 1600 g/mol. The van der Waals surface area contributed by atoms with Crippen LogP contribution in [0.25, 0.3) is 10.9 Å². The Morgan fingerprint density at radius 3 is 1.42 bits per heavy atom. The maximum atomic E-state index is 14.4. The third-order valence-corrected chi connectivity index (χ3v) is 17.2. The van der Waals surface area contributed by atoms with Crippen LogP contribution in [0.2, 0.25) is 0 Å². The van der Waals surface area contributed by atoms with Gasteiger partial charge in [-0.2, -0.15) is 10.5 Å². The third-order valence-electron chi connectivity index (χ3n) is 17.2. The minimum atomic E-state index is -2.07. The van der Waals surface area contributed by atoms with Crippen LogP contribution in [0.1, 0.15) is 98.9 Å². The molecule has 9 atom stereocenters. The van der Waals surface area contributed by atoms with Gasteiger partial charge >= 0.3 is 35.9 Å². The Kier molecular flexibility index (Phi) is 37.2. The highest BCUT2D eigenvalue weighted by Crippen LogP contribution is 2.21. The summed E-state index contributed by atoms with van der Waals surface area (Å²) in [6, 6.07) is 8.85. The van der Waals surface area contributed by atoms with Gasteiger partial charge < -0.3 is 119 Å². The molecule has 0 aliphatic carbocycles. The van der Waals surface area contributed by atoms with E-state index in [9.17, 15) is 128 Å². The number of carbonyl (C=O) groups is 16. The van der Waals surface area contributed by atoms with E-state index in [1.165, 1.54) is 66.7 Å². The fourth-order valence-electron chi connectivity index (χ4n) is 11.3.